The first-order valence-corrected chi connectivity index (χ1v) is 11.9. The van der Waals surface area contributed by atoms with Crippen LogP contribution in [0.5, 0.6) is 11.5 Å². The fourth-order valence-corrected chi connectivity index (χ4v) is 4.16. The van der Waals surface area contributed by atoms with Crippen LogP contribution in [0.15, 0.2) is 60.7 Å². The highest BCUT2D eigenvalue weighted by atomic mass is 16.5. The first-order valence-electron chi connectivity index (χ1n) is 11.9. The second-order valence-corrected chi connectivity index (χ2v) is 9.68. The Morgan fingerprint density at radius 2 is 1.61 bits per heavy atom. The molecule has 1 N–H and O–H groups in total. The Balaban J connectivity index is 1.42. The molecule has 1 heterocycles. The molecule has 0 aliphatic carbocycles. The van der Waals surface area contributed by atoms with Gasteiger partial charge in [-0.25, -0.2) is 0 Å². The minimum Gasteiger partial charge on any atom is -0.492 e. The molecule has 0 atom stereocenters. The Morgan fingerprint density at radius 1 is 0.879 bits per heavy atom. The van der Waals surface area contributed by atoms with Crippen molar-refractivity contribution in [2.24, 2.45) is 0 Å². The van der Waals surface area contributed by atoms with E-state index in [0.29, 0.717) is 6.61 Å². The Bertz CT molecular complexity index is 1040. The van der Waals surface area contributed by atoms with Crippen molar-refractivity contribution in [3.05, 3.63) is 71.8 Å². The minimum absolute atomic E-state index is 0.248. The summed E-state index contributed by atoms with van der Waals surface area (Å²) in [5.41, 5.74) is 1.46. The van der Waals surface area contributed by atoms with Crippen LogP contribution < -0.4 is 9.47 Å². The number of aliphatic hydroxyl groups is 1. The first kappa shape index (κ1) is 23.6. The van der Waals surface area contributed by atoms with Gasteiger partial charge in [0.1, 0.15) is 24.7 Å². The summed E-state index contributed by atoms with van der Waals surface area (Å²) in [4.78, 5) is 4.83. The lowest BCUT2D eigenvalue weighted by molar-refractivity contribution is 0.0282. The Hall–Kier alpha value is -2.60. The Labute approximate surface area is 197 Å². The molecular formula is C28H36N2O3. The molecule has 1 fully saturated rings. The van der Waals surface area contributed by atoms with Crippen molar-refractivity contribution in [2.75, 3.05) is 53.0 Å². The summed E-state index contributed by atoms with van der Waals surface area (Å²) in [6, 6.07) is 20.8. The van der Waals surface area contributed by atoms with Gasteiger partial charge in [0.15, 0.2) is 0 Å². The molecule has 1 saturated heterocycles. The Kier molecular flexibility index (Phi) is 7.53. The molecule has 176 valence electrons. The van der Waals surface area contributed by atoms with Crippen LogP contribution in [0.3, 0.4) is 0 Å². The fourth-order valence-electron chi connectivity index (χ4n) is 4.16. The molecular weight excluding hydrogens is 412 g/mol. The Morgan fingerprint density at radius 3 is 2.33 bits per heavy atom. The molecule has 33 heavy (non-hydrogen) atoms. The summed E-state index contributed by atoms with van der Waals surface area (Å²) in [6.07, 6.45) is 0.754. The summed E-state index contributed by atoms with van der Waals surface area (Å²) >= 11 is 0. The van der Waals surface area contributed by atoms with Gasteiger partial charge in [0.05, 0.1) is 5.60 Å². The topological polar surface area (TPSA) is 45.2 Å². The lowest BCUT2D eigenvalue weighted by Crippen LogP contribution is -2.45. The fraction of sp³-hybridized carbons (Fsp3) is 0.429. The number of nitrogens with zero attached hydrogens (tertiary/aromatic N) is 2. The van der Waals surface area contributed by atoms with Gasteiger partial charge in [-0.2, -0.15) is 0 Å². The van der Waals surface area contributed by atoms with E-state index in [0.717, 1.165) is 56.2 Å². The van der Waals surface area contributed by atoms with Gasteiger partial charge in [-0.15, -0.1) is 0 Å². The molecule has 5 nitrogen and oxygen atoms in total. The molecule has 0 aromatic heterocycles. The van der Waals surface area contributed by atoms with Crippen molar-refractivity contribution in [3.8, 4) is 11.5 Å². The van der Waals surface area contributed by atoms with Crippen LogP contribution in [0.4, 0.5) is 0 Å². The highest BCUT2D eigenvalue weighted by molar-refractivity contribution is 5.88. The zero-order chi connectivity index (χ0) is 23.3. The normalized spacial score (nSPS) is 15.6. The average Bonchev–Trinajstić information content (AvgIpc) is 2.80. The predicted octanol–water partition coefficient (Wildman–Crippen LogP) is 4.21. The highest BCUT2D eigenvalue weighted by Crippen LogP contribution is 2.31. The summed E-state index contributed by atoms with van der Waals surface area (Å²) in [5, 5.41) is 12.5. The van der Waals surface area contributed by atoms with Crippen molar-refractivity contribution in [3.63, 3.8) is 0 Å². The van der Waals surface area contributed by atoms with Crippen LogP contribution in [0.1, 0.15) is 25.0 Å². The van der Waals surface area contributed by atoms with Gasteiger partial charge in [0, 0.05) is 44.7 Å². The van der Waals surface area contributed by atoms with Crippen LogP contribution in [0.25, 0.3) is 10.8 Å². The maximum absolute atomic E-state index is 10.1. The van der Waals surface area contributed by atoms with Crippen molar-refractivity contribution < 1.29 is 14.6 Å². The second-order valence-electron chi connectivity index (χ2n) is 9.68. The second kappa shape index (κ2) is 10.6. The largest absolute Gasteiger partial charge is 0.492 e. The van der Waals surface area contributed by atoms with E-state index in [-0.39, 0.29) is 6.61 Å². The average molecular weight is 449 g/mol. The van der Waals surface area contributed by atoms with Crippen molar-refractivity contribution in [2.45, 2.75) is 25.9 Å². The third-order valence-corrected chi connectivity index (χ3v) is 6.15. The zero-order valence-corrected chi connectivity index (χ0v) is 20.1. The first-order chi connectivity index (χ1) is 15.9. The van der Waals surface area contributed by atoms with Gasteiger partial charge in [-0.3, -0.25) is 4.90 Å². The molecule has 1 aliphatic rings. The third-order valence-electron chi connectivity index (χ3n) is 6.15. The summed E-state index contributed by atoms with van der Waals surface area (Å²) in [5.74, 6) is 1.73. The summed E-state index contributed by atoms with van der Waals surface area (Å²) in [7, 11) is 2.18. The van der Waals surface area contributed by atoms with Crippen molar-refractivity contribution in [1.29, 1.82) is 0 Å². The molecule has 0 bridgehead atoms. The molecule has 0 spiro atoms. The quantitative estimate of drug-likeness (QED) is 0.531. The van der Waals surface area contributed by atoms with Crippen LogP contribution >= 0.6 is 0 Å². The monoisotopic (exact) mass is 448 g/mol. The minimum atomic E-state index is -0.883. The number of likely N-dealkylation sites (N-methyl/N-ethyl adjacent to an activating group) is 1. The number of hydrogen-bond donors (Lipinski definition) is 1. The van der Waals surface area contributed by atoms with Gasteiger partial charge in [0.25, 0.3) is 0 Å². The molecule has 0 radical (unpaired) electrons. The molecule has 3 aromatic rings. The summed E-state index contributed by atoms with van der Waals surface area (Å²) < 4.78 is 12.0. The van der Waals surface area contributed by atoms with Gasteiger partial charge in [-0.1, -0.05) is 42.5 Å². The predicted molar refractivity (Wildman–Crippen MR) is 134 cm³/mol. The highest BCUT2D eigenvalue weighted by Gasteiger charge is 2.17. The number of piperazine rings is 1. The number of hydrogen-bond acceptors (Lipinski definition) is 5. The van der Waals surface area contributed by atoms with Gasteiger partial charge in [0.2, 0.25) is 0 Å². The van der Waals surface area contributed by atoms with E-state index in [4.69, 9.17) is 9.47 Å². The third kappa shape index (κ3) is 6.70. The van der Waals surface area contributed by atoms with Crippen LogP contribution in [-0.2, 0) is 6.42 Å². The molecule has 1 aliphatic heterocycles. The molecule has 3 aromatic carbocycles. The molecule has 4 rings (SSSR count). The standard InChI is InChI=1S/C28H36N2O3/c1-28(2,31)21-33-27-13-10-23-6-4-5-7-25(23)26(27)20-22-8-11-24(12-9-22)32-19-18-30-16-14-29(3)15-17-30/h4-13,31H,14-21H2,1-3H3. The van der Waals surface area contributed by atoms with Gasteiger partial charge >= 0.3 is 0 Å². The molecule has 0 unspecified atom stereocenters. The van der Waals surface area contributed by atoms with Crippen molar-refractivity contribution in [1.82, 2.24) is 9.80 Å². The van der Waals surface area contributed by atoms with Crippen LogP contribution in [-0.4, -0.2) is 73.5 Å². The number of benzene rings is 3. The van der Waals surface area contributed by atoms with Gasteiger partial charge in [-0.05, 0) is 55.4 Å². The van der Waals surface area contributed by atoms with E-state index < -0.39 is 5.60 Å². The van der Waals surface area contributed by atoms with Crippen molar-refractivity contribution >= 4 is 10.8 Å². The SMILES string of the molecule is CN1CCN(CCOc2ccc(Cc3c(OCC(C)(C)O)ccc4ccccc34)cc2)CC1. The zero-order valence-electron chi connectivity index (χ0n) is 20.1. The van der Waals surface area contributed by atoms with E-state index in [2.05, 4.69) is 71.4 Å². The summed E-state index contributed by atoms with van der Waals surface area (Å²) in [6.45, 7) is 9.93. The van der Waals surface area contributed by atoms with E-state index in [1.165, 1.54) is 16.3 Å². The molecule has 5 heteroatoms. The molecule has 0 saturated carbocycles. The van der Waals surface area contributed by atoms with Crippen LogP contribution in [0.2, 0.25) is 0 Å². The van der Waals surface area contributed by atoms with Crippen LogP contribution in [0, 0.1) is 0 Å². The lowest BCUT2D eigenvalue weighted by Gasteiger charge is -2.32. The molecule has 0 amide bonds. The van der Waals surface area contributed by atoms with E-state index in [9.17, 15) is 5.11 Å². The maximum Gasteiger partial charge on any atom is 0.123 e. The maximum atomic E-state index is 10.1. The van der Waals surface area contributed by atoms with E-state index in [1.54, 1.807) is 13.8 Å². The number of fused-ring (bicyclic) bond motifs is 1. The lowest BCUT2D eigenvalue weighted by atomic mass is 9.97. The van der Waals surface area contributed by atoms with E-state index in [1.807, 2.05) is 6.07 Å². The van der Waals surface area contributed by atoms with Gasteiger partial charge < -0.3 is 19.5 Å². The number of ether oxygens (including phenoxy) is 2. The number of rotatable bonds is 9. The van der Waals surface area contributed by atoms with E-state index >= 15 is 0 Å². The smallest absolute Gasteiger partial charge is 0.123 e.